The summed E-state index contributed by atoms with van der Waals surface area (Å²) in [6.07, 6.45) is 0.932. The van der Waals surface area contributed by atoms with E-state index in [4.69, 9.17) is 0 Å². The molecule has 0 aromatic rings. The lowest BCUT2D eigenvalue weighted by atomic mass is 9.65. The standard InChI is InChI=1S/C12H19N3O4/c1-4-6(2)10-8(7(3)16)5-9(13-17)11(14-18)12(10)15-19/h6,8-12H,4-5H2,1-3H3. The second-order valence-electron chi connectivity index (χ2n) is 5.28. The average Bonchev–Trinajstić information content (AvgIpc) is 2.43. The number of carbonyl (C=O) groups is 1. The molecule has 7 nitrogen and oxygen atoms in total. The van der Waals surface area contributed by atoms with Crippen LogP contribution in [-0.2, 0) is 4.79 Å². The van der Waals surface area contributed by atoms with Gasteiger partial charge in [0.15, 0.2) is 0 Å². The smallest absolute Gasteiger partial charge is 0.144 e. The number of ketones is 1. The summed E-state index contributed by atoms with van der Waals surface area (Å²) in [5.41, 5.74) is 0. The maximum absolute atomic E-state index is 11.8. The highest BCUT2D eigenvalue weighted by molar-refractivity contribution is 5.79. The average molecular weight is 269 g/mol. The molecule has 0 saturated heterocycles. The topological polar surface area (TPSA) is 105 Å². The van der Waals surface area contributed by atoms with Gasteiger partial charge in [-0.15, -0.1) is 0 Å². The molecule has 106 valence electrons. The van der Waals surface area contributed by atoms with Crippen LogP contribution < -0.4 is 0 Å². The van der Waals surface area contributed by atoms with Gasteiger partial charge in [-0.25, -0.2) is 0 Å². The molecule has 0 aliphatic heterocycles. The molecule has 1 aliphatic rings. The fraction of sp³-hybridized carbons (Fsp3) is 0.917. The molecule has 6 atom stereocenters. The van der Waals surface area contributed by atoms with Gasteiger partial charge in [-0.05, 0) is 25.2 Å². The summed E-state index contributed by atoms with van der Waals surface area (Å²) >= 11 is 0. The highest BCUT2D eigenvalue weighted by atomic mass is 16.3. The van der Waals surface area contributed by atoms with Crippen LogP contribution in [0.15, 0.2) is 15.5 Å². The molecule has 19 heavy (non-hydrogen) atoms. The Morgan fingerprint density at radius 1 is 1.16 bits per heavy atom. The van der Waals surface area contributed by atoms with Gasteiger partial charge >= 0.3 is 0 Å². The molecule has 1 saturated carbocycles. The van der Waals surface area contributed by atoms with E-state index in [0.29, 0.717) is 0 Å². The molecule has 0 amide bonds. The SMILES string of the molecule is CCC(C)C1C(C(C)=O)CC(N=O)C(N=O)C1N=O. The first kappa shape index (κ1) is 15.5. The Morgan fingerprint density at radius 2 is 1.74 bits per heavy atom. The monoisotopic (exact) mass is 269 g/mol. The third-order valence-electron chi connectivity index (χ3n) is 4.30. The van der Waals surface area contributed by atoms with Crippen LogP contribution in [0, 0.1) is 32.5 Å². The van der Waals surface area contributed by atoms with E-state index in [2.05, 4.69) is 15.5 Å². The van der Waals surface area contributed by atoms with Crippen molar-refractivity contribution in [2.45, 2.75) is 51.7 Å². The van der Waals surface area contributed by atoms with Crippen molar-refractivity contribution < 1.29 is 4.79 Å². The lowest BCUT2D eigenvalue weighted by Gasteiger charge is -2.40. The van der Waals surface area contributed by atoms with E-state index < -0.39 is 24.0 Å². The summed E-state index contributed by atoms with van der Waals surface area (Å²) in [5.74, 6) is -0.857. The van der Waals surface area contributed by atoms with E-state index in [9.17, 15) is 19.5 Å². The number of nitroso groups, excluding NO2 is 3. The minimum atomic E-state index is -1.05. The van der Waals surface area contributed by atoms with Crippen LogP contribution in [0.3, 0.4) is 0 Å². The fourth-order valence-electron chi connectivity index (χ4n) is 3.06. The Hall–Kier alpha value is -1.53. The Morgan fingerprint density at radius 3 is 2.11 bits per heavy atom. The van der Waals surface area contributed by atoms with Crippen molar-refractivity contribution in [2.75, 3.05) is 0 Å². The van der Waals surface area contributed by atoms with Crippen molar-refractivity contribution in [3.8, 4) is 0 Å². The number of hydrogen-bond acceptors (Lipinski definition) is 7. The van der Waals surface area contributed by atoms with Gasteiger partial charge in [0, 0.05) is 5.92 Å². The van der Waals surface area contributed by atoms with Crippen LogP contribution in [0.5, 0.6) is 0 Å². The molecule has 1 rings (SSSR count). The highest BCUT2D eigenvalue weighted by Gasteiger charge is 2.50. The van der Waals surface area contributed by atoms with Gasteiger partial charge in [0.05, 0.1) is 0 Å². The molecule has 7 heteroatoms. The minimum Gasteiger partial charge on any atom is -0.300 e. The molecular weight excluding hydrogens is 250 g/mol. The Labute approximate surface area is 111 Å². The van der Waals surface area contributed by atoms with Crippen molar-refractivity contribution >= 4 is 5.78 Å². The van der Waals surface area contributed by atoms with Crippen LogP contribution in [0.25, 0.3) is 0 Å². The first-order chi connectivity index (χ1) is 9.01. The summed E-state index contributed by atoms with van der Waals surface area (Å²) in [5, 5.41) is 8.71. The maximum atomic E-state index is 11.8. The van der Waals surface area contributed by atoms with Crippen LogP contribution in [-0.4, -0.2) is 23.9 Å². The Balaban J connectivity index is 3.19. The van der Waals surface area contributed by atoms with E-state index in [0.717, 1.165) is 6.42 Å². The number of hydrogen-bond donors (Lipinski definition) is 0. The first-order valence-electron chi connectivity index (χ1n) is 6.49. The van der Waals surface area contributed by atoms with E-state index in [-0.39, 0.29) is 24.0 Å². The maximum Gasteiger partial charge on any atom is 0.144 e. The zero-order valence-corrected chi connectivity index (χ0v) is 11.4. The quantitative estimate of drug-likeness (QED) is 0.691. The Kier molecular flexibility index (Phi) is 5.38. The second-order valence-corrected chi connectivity index (χ2v) is 5.28. The minimum absolute atomic E-state index is 0.0495. The van der Waals surface area contributed by atoms with Gasteiger partial charge in [0.1, 0.15) is 23.9 Å². The Bertz CT molecular complexity index is 374. The van der Waals surface area contributed by atoms with E-state index >= 15 is 0 Å². The molecule has 0 aromatic heterocycles. The summed E-state index contributed by atoms with van der Waals surface area (Å²) in [6.45, 7) is 5.28. The fourth-order valence-corrected chi connectivity index (χ4v) is 3.06. The molecule has 0 radical (unpaired) electrons. The molecule has 1 aliphatic carbocycles. The first-order valence-corrected chi connectivity index (χ1v) is 6.49. The van der Waals surface area contributed by atoms with E-state index in [1.54, 1.807) is 0 Å². The predicted octanol–water partition coefficient (Wildman–Crippen LogP) is 2.66. The third-order valence-corrected chi connectivity index (χ3v) is 4.30. The molecule has 0 N–H and O–H groups in total. The van der Waals surface area contributed by atoms with Crippen LogP contribution >= 0.6 is 0 Å². The summed E-state index contributed by atoms with van der Waals surface area (Å²) in [4.78, 5) is 44.5. The van der Waals surface area contributed by atoms with Crippen molar-refractivity contribution in [3.05, 3.63) is 14.7 Å². The largest absolute Gasteiger partial charge is 0.300 e. The van der Waals surface area contributed by atoms with Gasteiger partial charge < -0.3 is 0 Å². The number of rotatable bonds is 6. The predicted molar refractivity (Wildman–Crippen MR) is 70.5 cm³/mol. The van der Waals surface area contributed by atoms with E-state index in [1.807, 2.05) is 13.8 Å². The normalized spacial score (nSPS) is 36.3. The molecular formula is C12H19N3O4. The van der Waals surface area contributed by atoms with Crippen molar-refractivity contribution in [2.24, 2.45) is 33.3 Å². The van der Waals surface area contributed by atoms with Crippen molar-refractivity contribution in [1.82, 2.24) is 0 Å². The van der Waals surface area contributed by atoms with Gasteiger partial charge in [0.25, 0.3) is 0 Å². The van der Waals surface area contributed by atoms with Gasteiger partial charge in [-0.2, -0.15) is 14.7 Å². The van der Waals surface area contributed by atoms with Gasteiger partial charge in [-0.3, -0.25) is 4.79 Å². The highest BCUT2D eigenvalue weighted by Crippen LogP contribution is 2.41. The third kappa shape index (κ3) is 2.90. The summed E-state index contributed by atoms with van der Waals surface area (Å²) in [6, 6.07) is -2.93. The number of carbonyl (C=O) groups excluding carboxylic acids is 1. The zero-order valence-electron chi connectivity index (χ0n) is 11.4. The van der Waals surface area contributed by atoms with Crippen LogP contribution in [0.2, 0.25) is 0 Å². The lowest BCUT2D eigenvalue weighted by molar-refractivity contribution is -0.125. The molecule has 1 fully saturated rings. The molecule has 0 heterocycles. The zero-order chi connectivity index (χ0) is 14.6. The molecule has 0 spiro atoms. The van der Waals surface area contributed by atoms with Crippen LogP contribution in [0.4, 0.5) is 0 Å². The summed E-state index contributed by atoms with van der Waals surface area (Å²) in [7, 11) is 0. The lowest BCUT2D eigenvalue weighted by Crippen LogP contribution is -2.51. The summed E-state index contributed by atoms with van der Waals surface area (Å²) < 4.78 is 0. The molecule has 6 unspecified atom stereocenters. The van der Waals surface area contributed by atoms with Gasteiger partial charge in [-0.1, -0.05) is 35.8 Å². The number of nitrogens with zero attached hydrogens (tertiary/aromatic N) is 3. The van der Waals surface area contributed by atoms with Crippen LogP contribution in [0.1, 0.15) is 33.6 Å². The van der Waals surface area contributed by atoms with Crippen molar-refractivity contribution in [1.29, 1.82) is 0 Å². The second kappa shape index (κ2) is 6.58. The van der Waals surface area contributed by atoms with E-state index in [1.165, 1.54) is 6.92 Å². The van der Waals surface area contributed by atoms with Crippen molar-refractivity contribution in [3.63, 3.8) is 0 Å². The molecule has 0 aromatic carbocycles. The molecule has 0 bridgehead atoms. The van der Waals surface area contributed by atoms with Gasteiger partial charge in [0.2, 0.25) is 0 Å². The number of Topliss-reactive ketones (excluding diaryl/α,β-unsaturated/α-hetero) is 1.